The predicted molar refractivity (Wildman–Crippen MR) is 132 cm³/mol. The number of carbonyl (C=O) groups excluding carboxylic acids is 2. The molecule has 9 nitrogen and oxygen atoms in total. The molecule has 2 aromatic carbocycles. The Bertz CT molecular complexity index is 1190. The Labute approximate surface area is 211 Å². The molecule has 0 aliphatic carbocycles. The fourth-order valence-corrected chi connectivity index (χ4v) is 4.39. The highest BCUT2D eigenvalue weighted by molar-refractivity contribution is 7.20. The van der Waals surface area contributed by atoms with E-state index >= 15 is 0 Å². The predicted octanol–water partition coefficient (Wildman–Crippen LogP) is 4.87. The van der Waals surface area contributed by atoms with Gasteiger partial charge in [0.1, 0.15) is 23.7 Å². The van der Waals surface area contributed by atoms with Gasteiger partial charge in [0.05, 0.1) is 13.7 Å². The number of methoxy groups -OCH3 is 1. The Balaban J connectivity index is 1.82. The SMILES string of the molecule is CCOC(=O)C(C)N(Oc1ccccc1CC(C)=CCc1c(O)c2c(c(C)c1OC)COC2=O)P=O. The number of phenols is 1. The number of cyclic esters (lactones) is 1. The van der Waals surface area contributed by atoms with Crippen LogP contribution in [0.4, 0.5) is 0 Å². The molecule has 0 amide bonds. The van der Waals surface area contributed by atoms with Crippen molar-refractivity contribution in [2.24, 2.45) is 0 Å². The first-order valence-corrected chi connectivity index (χ1v) is 12.3. The highest BCUT2D eigenvalue weighted by Gasteiger charge is 2.32. The normalized spacial score (nSPS) is 13.9. The maximum absolute atomic E-state index is 12.1. The van der Waals surface area contributed by atoms with Crippen LogP contribution in [0.2, 0.25) is 0 Å². The van der Waals surface area contributed by atoms with Gasteiger partial charge < -0.3 is 24.2 Å². The van der Waals surface area contributed by atoms with Crippen molar-refractivity contribution in [3.63, 3.8) is 0 Å². The van der Waals surface area contributed by atoms with Crippen molar-refractivity contribution < 1.29 is 38.3 Å². The summed E-state index contributed by atoms with van der Waals surface area (Å²) in [5, 5.41) is 10.8. The Morgan fingerprint density at radius 2 is 2.06 bits per heavy atom. The van der Waals surface area contributed by atoms with Gasteiger partial charge in [-0.05, 0) is 57.0 Å². The Morgan fingerprint density at radius 3 is 2.72 bits per heavy atom. The average molecular weight is 515 g/mol. The molecule has 10 heteroatoms. The van der Waals surface area contributed by atoms with E-state index in [1.165, 1.54) is 7.11 Å². The van der Waals surface area contributed by atoms with E-state index in [0.717, 1.165) is 21.5 Å². The second-order valence-corrected chi connectivity index (χ2v) is 8.92. The van der Waals surface area contributed by atoms with E-state index < -0.39 is 26.6 Å². The third kappa shape index (κ3) is 5.69. The minimum Gasteiger partial charge on any atom is -0.507 e. The Hall–Kier alpha value is -3.42. The zero-order valence-corrected chi connectivity index (χ0v) is 21.9. The van der Waals surface area contributed by atoms with Crippen LogP contribution in [0.1, 0.15) is 53.4 Å². The van der Waals surface area contributed by atoms with Gasteiger partial charge in [0.25, 0.3) is 8.61 Å². The van der Waals surface area contributed by atoms with E-state index in [-0.39, 0.29) is 24.5 Å². The van der Waals surface area contributed by atoms with Crippen molar-refractivity contribution in [2.45, 2.75) is 53.2 Å². The fourth-order valence-electron chi connectivity index (χ4n) is 4.04. The van der Waals surface area contributed by atoms with Crippen LogP contribution in [0.25, 0.3) is 0 Å². The van der Waals surface area contributed by atoms with Crippen molar-refractivity contribution in [1.29, 1.82) is 0 Å². The molecule has 0 radical (unpaired) electrons. The zero-order valence-electron chi connectivity index (χ0n) is 21.0. The molecule has 192 valence electrons. The molecule has 0 fully saturated rings. The van der Waals surface area contributed by atoms with Crippen LogP contribution in [0.15, 0.2) is 35.9 Å². The zero-order chi connectivity index (χ0) is 26.4. The molecular weight excluding hydrogens is 485 g/mol. The maximum Gasteiger partial charge on any atom is 0.342 e. The summed E-state index contributed by atoms with van der Waals surface area (Å²) in [6.45, 7) is 7.33. The van der Waals surface area contributed by atoms with Gasteiger partial charge >= 0.3 is 11.9 Å². The van der Waals surface area contributed by atoms with E-state index in [9.17, 15) is 19.3 Å². The molecular formula is C26H30NO8P. The van der Waals surface area contributed by atoms with E-state index in [1.54, 1.807) is 26.0 Å². The first-order valence-electron chi connectivity index (χ1n) is 11.5. The first-order chi connectivity index (χ1) is 17.2. The number of hydrogen-bond donors (Lipinski definition) is 1. The molecule has 2 aromatic rings. The molecule has 0 saturated carbocycles. The van der Waals surface area contributed by atoms with Crippen LogP contribution < -0.4 is 9.57 Å². The number of para-hydroxylation sites is 1. The van der Waals surface area contributed by atoms with Gasteiger partial charge in [-0.3, -0.25) is 9.36 Å². The third-order valence-electron chi connectivity index (χ3n) is 5.98. The number of fused-ring (bicyclic) bond motifs is 1. The molecule has 1 unspecified atom stereocenters. The number of benzene rings is 2. The summed E-state index contributed by atoms with van der Waals surface area (Å²) in [6.07, 6.45) is 2.75. The van der Waals surface area contributed by atoms with Crippen LogP contribution >= 0.6 is 8.61 Å². The van der Waals surface area contributed by atoms with E-state index in [1.807, 2.05) is 32.1 Å². The van der Waals surface area contributed by atoms with Gasteiger partial charge in [-0.25, -0.2) is 4.79 Å². The lowest BCUT2D eigenvalue weighted by Crippen LogP contribution is -2.36. The van der Waals surface area contributed by atoms with Gasteiger partial charge in [-0.1, -0.05) is 29.8 Å². The number of hydroxylamine groups is 1. The number of hydrogen-bond acceptors (Lipinski definition) is 8. The number of rotatable bonds is 11. The van der Waals surface area contributed by atoms with Crippen LogP contribution in [-0.4, -0.2) is 41.6 Å². The van der Waals surface area contributed by atoms with Crippen molar-refractivity contribution in [2.75, 3.05) is 13.7 Å². The third-order valence-corrected chi connectivity index (χ3v) is 6.56. The summed E-state index contributed by atoms with van der Waals surface area (Å²) in [6, 6.07) is 6.35. The second kappa shape index (κ2) is 12.0. The smallest absolute Gasteiger partial charge is 0.342 e. The topological polar surface area (TPSA) is 112 Å². The summed E-state index contributed by atoms with van der Waals surface area (Å²) in [5.74, 6) is -0.241. The number of carbonyl (C=O) groups is 2. The van der Waals surface area contributed by atoms with Gasteiger partial charge in [-0.2, -0.15) is 0 Å². The lowest BCUT2D eigenvalue weighted by Gasteiger charge is -2.21. The summed E-state index contributed by atoms with van der Waals surface area (Å²) in [7, 11) is 1.04. The lowest BCUT2D eigenvalue weighted by molar-refractivity contribution is -0.153. The number of nitrogens with zero attached hydrogens (tertiary/aromatic N) is 1. The van der Waals surface area contributed by atoms with Crippen molar-refractivity contribution >= 4 is 20.5 Å². The summed E-state index contributed by atoms with van der Waals surface area (Å²) < 4.78 is 27.3. The molecule has 0 bridgehead atoms. The number of phenolic OH excluding ortho intramolecular Hbond substituents is 1. The summed E-state index contributed by atoms with van der Waals surface area (Å²) in [4.78, 5) is 31.0. The molecule has 1 heterocycles. The van der Waals surface area contributed by atoms with Gasteiger partial charge in [-0.15, -0.1) is 0 Å². The molecule has 0 spiro atoms. The van der Waals surface area contributed by atoms with E-state index in [4.69, 9.17) is 19.0 Å². The molecule has 1 atom stereocenters. The molecule has 0 aromatic heterocycles. The number of ether oxygens (including phenoxy) is 3. The van der Waals surface area contributed by atoms with Crippen molar-refractivity contribution in [3.8, 4) is 17.2 Å². The summed E-state index contributed by atoms with van der Waals surface area (Å²) in [5.41, 5.74) is 3.88. The van der Waals surface area contributed by atoms with Crippen LogP contribution in [0, 0.1) is 6.92 Å². The first kappa shape index (κ1) is 27.2. The average Bonchev–Trinajstić information content (AvgIpc) is 3.26. The Morgan fingerprint density at radius 1 is 1.33 bits per heavy atom. The minimum absolute atomic E-state index is 0.116. The maximum atomic E-state index is 12.1. The molecule has 36 heavy (non-hydrogen) atoms. The largest absolute Gasteiger partial charge is 0.507 e. The molecule has 3 rings (SSSR count). The number of esters is 2. The van der Waals surface area contributed by atoms with E-state index in [0.29, 0.717) is 35.5 Å². The molecule has 1 N–H and O–H groups in total. The fraction of sp³-hybridized carbons (Fsp3) is 0.385. The van der Waals surface area contributed by atoms with Crippen molar-refractivity contribution in [1.82, 2.24) is 4.83 Å². The molecule has 1 aliphatic heterocycles. The second-order valence-electron chi connectivity index (χ2n) is 8.36. The highest BCUT2D eigenvalue weighted by Crippen LogP contribution is 2.42. The van der Waals surface area contributed by atoms with Crippen LogP contribution in [0.5, 0.6) is 17.2 Å². The molecule has 0 saturated heterocycles. The van der Waals surface area contributed by atoms with Crippen molar-refractivity contribution in [3.05, 3.63) is 63.7 Å². The summed E-state index contributed by atoms with van der Waals surface area (Å²) >= 11 is 0. The minimum atomic E-state index is -0.876. The van der Waals surface area contributed by atoms with E-state index in [2.05, 4.69) is 0 Å². The monoisotopic (exact) mass is 515 g/mol. The lowest BCUT2D eigenvalue weighted by atomic mass is 9.94. The van der Waals surface area contributed by atoms with Gasteiger partial charge in [0.15, 0.2) is 11.8 Å². The number of allylic oxidation sites excluding steroid dienone is 2. The van der Waals surface area contributed by atoms with Crippen LogP contribution in [0.3, 0.4) is 0 Å². The number of aromatic hydroxyl groups is 1. The van der Waals surface area contributed by atoms with Gasteiger partial charge in [0, 0.05) is 16.7 Å². The standard InChI is InChI=1S/C26H30NO8P/c1-6-33-25(29)17(4)27(36-31)35-21-10-8-7-9-18(21)13-15(2)11-12-19-23(28)22-20(14-34-26(22)30)16(3)24(19)32-5/h7-11,17,28H,6,12-14H2,1-5H3. The van der Waals surface area contributed by atoms with Crippen LogP contribution in [-0.2, 0) is 38.3 Å². The Kier molecular flexibility index (Phi) is 9.07. The molecule has 1 aliphatic rings. The highest BCUT2D eigenvalue weighted by atomic mass is 31.1. The van der Waals surface area contributed by atoms with Gasteiger partial charge in [0.2, 0.25) is 0 Å². The quantitative estimate of drug-likeness (QED) is 0.194.